The van der Waals surface area contributed by atoms with Crippen molar-refractivity contribution in [1.82, 2.24) is 9.88 Å². The molecule has 1 atom stereocenters. The van der Waals surface area contributed by atoms with Gasteiger partial charge in [-0.3, -0.25) is 9.79 Å². The van der Waals surface area contributed by atoms with Crippen LogP contribution in [0.3, 0.4) is 0 Å². The van der Waals surface area contributed by atoms with Crippen molar-refractivity contribution in [3.05, 3.63) is 53.1 Å². The van der Waals surface area contributed by atoms with Gasteiger partial charge in [-0.15, -0.1) is 0 Å². The monoisotopic (exact) mass is 457 g/mol. The molecule has 0 bridgehead atoms. The first-order valence-electron chi connectivity index (χ1n) is 10.4. The Hall–Kier alpha value is -3.61. The number of alkyl halides is 3. The molecule has 1 unspecified atom stereocenters. The maximum absolute atomic E-state index is 14.3. The third-order valence-corrected chi connectivity index (χ3v) is 5.70. The lowest BCUT2D eigenvalue weighted by atomic mass is 9.97. The number of amidine groups is 1. The summed E-state index contributed by atoms with van der Waals surface area (Å²) in [6.45, 7) is 0.598. The van der Waals surface area contributed by atoms with Gasteiger partial charge in [0.1, 0.15) is 6.07 Å². The molecule has 0 N–H and O–H groups in total. The molecule has 10 heteroatoms. The zero-order chi connectivity index (χ0) is 23.6. The average molecular weight is 457 g/mol. The van der Waals surface area contributed by atoms with Crippen LogP contribution in [-0.4, -0.2) is 33.9 Å². The smallest absolute Gasteiger partial charge is 0.334 e. The molecule has 0 radical (unpaired) electrons. The summed E-state index contributed by atoms with van der Waals surface area (Å²) in [5.41, 5.74) is -0.103. The summed E-state index contributed by atoms with van der Waals surface area (Å²) in [4.78, 5) is 25.8. The van der Waals surface area contributed by atoms with Crippen LogP contribution in [0.25, 0.3) is 11.1 Å². The van der Waals surface area contributed by atoms with Crippen molar-refractivity contribution in [1.29, 1.82) is 5.26 Å². The number of nitrogens with zero attached hydrogens (tertiary/aromatic N) is 5. The SMILES string of the molecule is N#CC1=NC(CCCC(=O)N2Cc3ccc(-c4c(C(F)(F)F)ccnc4F)cc3C2)CC=N1. The zero-order valence-electron chi connectivity index (χ0n) is 17.4. The van der Waals surface area contributed by atoms with E-state index in [9.17, 15) is 22.4 Å². The van der Waals surface area contributed by atoms with Crippen LogP contribution in [0.4, 0.5) is 17.6 Å². The topological polar surface area (TPSA) is 81.7 Å². The predicted octanol–water partition coefficient (Wildman–Crippen LogP) is 4.68. The molecule has 1 amide bonds. The van der Waals surface area contributed by atoms with Gasteiger partial charge in [0.2, 0.25) is 17.7 Å². The van der Waals surface area contributed by atoms with Gasteiger partial charge in [0.25, 0.3) is 0 Å². The highest BCUT2D eigenvalue weighted by Gasteiger charge is 2.36. The first-order valence-corrected chi connectivity index (χ1v) is 10.4. The fourth-order valence-corrected chi connectivity index (χ4v) is 4.08. The second kappa shape index (κ2) is 9.10. The summed E-state index contributed by atoms with van der Waals surface area (Å²) in [5, 5.41) is 8.88. The van der Waals surface area contributed by atoms with Crippen LogP contribution in [0, 0.1) is 17.3 Å². The van der Waals surface area contributed by atoms with Gasteiger partial charge in [0, 0.05) is 43.9 Å². The Kier molecular flexibility index (Phi) is 6.22. The van der Waals surface area contributed by atoms with E-state index in [1.54, 1.807) is 17.2 Å². The molecule has 3 heterocycles. The fourth-order valence-electron chi connectivity index (χ4n) is 4.08. The fraction of sp³-hybridized carbons (Fsp3) is 0.348. The third-order valence-electron chi connectivity index (χ3n) is 5.70. The van der Waals surface area contributed by atoms with Crippen molar-refractivity contribution in [2.75, 3.05) is 0 Å². The second-order valence-corrected chi connectivity index (χ2v) is 7.91. The largest absolute Gasteiger partial charge is 0.417 e. The van der Waals surface area contributed by atoms with Gasteiger partial charge in [-0.05, 0) is 41.7 Å². The molecule has 2 aliphatic heterocycles. The molecule has 0 fully saturated rings. The molecule has 0 aliphatic carbocycles. The van der Waals surface area contributed by atoms with Crippen LogP contribution < -0.4 is 0 Å². The number of rotatable bonds is 5. The number of fused-ring (bicyclic) bond motifs is 1. The van der Waals surface area contributed by atoms with Crippen LogP contribution >= 0.6 is 0 Å². The number of halogens is 4. The summed E-state index contributed by atoms with van der Waals surface area (Å²) >= 11 is 0. The Labute approximate surface area is 187 Å². The van der Waals surface area contributed by atoms with Gasteiger partial charge < -0.3 is 4.90 Å². The highest BCUT2D eigenvalue weighted by molar-refractivity contribution is 6.02. The number of nitriles is 1. The van der Waals surface area contributed by atoms with Crippen molar-refractivity contribution >= 4 is 18.0 Å². The number of pyridine rings is 1. The number of aliphatic imine (C=N–C) groups is 2. The van der Waals surface area contributed by atoms with Crippen LogP contribution in [-0.2, 0) is 24.1 Å². The van der Waals surface area contributed by atoms with Crippen molar-refractivity contribution in [2.24, 2.45) is 9.98 Å². The normalized spacial score (nSPS) is 17.5. The number of hydrogen-bond donors (Lipinski definition) is 0. The highest BCUT2D eigenvalue weighted by Crippen LogP contribution is 2.39. The minimum absolute atomic E-state index is 0.0690. The quantitative estimate of drug-likeness (QED) is 0.483. The highest BCUT2D eigenvalue weighted by atomic mass is 19.4. The number of aromatic nitrogens is 1. The lowest BCUT2D eigenvalue weighted by molar-refractivity contribution is -0.137. The van der Waals surface area contributed by atoms with E-state index in [0.717, 1.165) is 17.8 Å². The first-order chi connectivity index (χ1) is 15.8. The molecule has 4 rings (SSSR count). The van der Waals surface area contributed by atoms with Crippen molar-refractivity contribution in [3.63, 3.8) is 0 Å². The number of carbonyl (C=O) groups excluding carboxylic acids is 1. The average Bonchev–Trinajstić information content (AvgIpc) is 3.22. The van der Waals surface area contributed by atoms with Crippen molar-refractivity contribution in [3.8, 4) is 17.2 Å². The van der Waals surface area contributed by atoms with E-state index < -0.39 is 23.3 Å². The lowest BCUT2D eigenvalue weighted by Crippen LogP contribution is -2.25. The Morgan fingerprint density at radius 2 is 2.00 bits per heavy atom. The molecular formula is C23H19F4N5O. The molecule has 0 saturated heterocycles. The first kappa shape index (κ1) is 22.6. The molecule has 0 spiro atoms. The molecular weight excluding hydrogens is 438 g/mol. The summed E-state index contributed by atoms with van der Waals surface area (Å²) in [7, 11) is 0. The van der Waals surface area contributed by atoms with Crippen LogP contribution in [0.15, 0.2) is 40.4 Å². The van der Waals surface area contributed by atoms with Gasteiger partial charge in [0.05, 0.1) is 11.6 Å². The molecule has 0 saturated carbocycles. The van der Waals surface area contributed by atoms with Gasteiger partial charge in [0.15, 0.2) is 0 Å². The molecule has 170 valence electrons. The van der Waals surface area contributed by atoms with E-state index in [0.29, 0.717) is 37.8 Å². The number of benzene rings is 1. The van der Waals surface area contributed by atoms with E-state index >= 15 is 0 Å². The van der Waals surface area contributed by atoms with E-state index in [2.05, 4.69) is 15.0 Å². The summed E-state index contributed by atoms with van der Waals surface area (Å²) in [6, 6.07) is 7.15. The Morgan fingerprint density at radius 1 is 1.21 bits per heavy atom. The Bertz CT molecular complexity index is 1180. The van der Waals surface area contributed by atoms with E-state index in [1.807, 2.05) is 6.07 Å². The van der Waals surface area contributed by atoms with Gasteiger partial charge in [-0.25, -0.2) is 9.98 Å². The predicted molar refractivity (Wildman–Crippen MR) is 113 cm³/mol. The van der Waals surface area contributed by atoms with Crippen LogP contribution in [0.2, 0.25) is 0 Å². The summed E-state index contributed by atoms with van der Waals surface area (Å²) in [5.74, 6) is -1.13. The van der Waals surface area contributed by atoms with E-state index in [4.69, 9.17) is 5.26 Å². The van der Waals surface area contributed by atoms with Crippen LogP contribution in [0.1, 0.15) is 42.4 Å². The van der Waals surface area contributed by atoms with Gasteiger partial charge in [-0.2, -0.15) is 22.8 Å². The number of amides is 1. The second-order valence-electron chi connectivity index (χ2n) is 7.91. The molecule has 6 nitrogen and oxygen atoms in total. The third kappa shape index (κ3) is 4.92. The number of carbonyl (C=O) groups is 1. The summed E-state index contributed by atoms with van der Waals surface area (Å²) in [6.07, 6.45) is -0.113. The molecule has 2 aromatic rings. The van der Waals surface area contributed by atoms with Gasteiger partial charge >= 0.3 is 6.18 Å². The van der Waals surface area contributed by atoms with Crippen molar-refractivity contribution < 1.29 is 22.4 Å². The number of hydrogen-bond acceptors (Lipinski definition) is 5. The van der Waals surface area contributed by atoms with Crippen LogP contribution in [0.5, 0.6) is 0 Å². The van der Waals surface area contributed by atoms with Crippen molar-refractivity contribution in [2.45, 2.75) is 51.0 Å². The maximum atomic E-state index is 14.3. The maximum Gasteiger partial charge on any atom is 0.417 e. The standard InChI is InChI=1S/C23H19F4N5O/c24-22-21(18(7-9-30-22)23(25,26)27)14-4-5-15-12-32(13-16(15)10-14)20(33)3-1-2-17-6-8-29-19(11-28)31-17/h4-5,7-10,17H,1-3,6,12-13H2. The Morgan fingerprint density at radius 3 is 2.76 bits per heavy atom. The lowest BCUT2D eigenvalue weighted by Gasteiger charge is -2.17. The molecule has 1 aromatic carbocycles. The minimum atomic E-state index is -4.72. The van der Waals surface area contributed by atoms with E-state index in [-0.39, 0.29) is 29.9 Å². The Balaban J connectivity index is 1.42. The summed E-state index contributed by atoms with van der Waals surface area (Å²) < 4.78 is 54.4. The zero-order valence-corrected chi connectivity index (χ0v) is 17.4. The van der Waals surface area contributed by atoms with Gasteiger partial charge in [-0.1, -0.05) is 12.1 Å². The van der Waals surface area contributed by atoms with E-state index in [1.165, 1.54) is 12.1 Å². The molecule has 33 heavy (non-hydrogen) atoms. The molecule has 2 aliphatic rings. The molecule has 1 aromatic heterocycles. The minimum Gasteiger partial charge on any atom is -0.334 e.